The van der Waals surface area contributed by atoms with E-state index in [1.807, 2.05) is 6.07 Å². The molecular weight excluding hydrogens is 440 g/mol. The van der Waals surface area contributed by atoms with Crippen molar-refractivity contribution in [3.05, 3.63) is 64.1 Å². The zero-order valence-electron chi connectivity index (χ0n) is 20.4. The van der Waals surface area contributed by atoms with Crippen molar-refractivity contribution in [1.82, 2.24) is 19.8 Å². The molecule has 0 radical (unpaired) electrons. The predicted molar refractivity (Wildman–Crippen MR) is 137 cm³/mol. The van der Waals surface area contributed by atoms with Crippen LogP contribution in [0, 0.1) is 0 Å². The number of aromatic nitrogens is 2. The second kappa shape index (κ2) is 7.78. The van der Waals surface area contributed by atoms with Gasteiger partial charge in [-0.3, -0.25) is 14.3 Å². The van der Waals surface area contributed by atoms with Gasteiger partial charge < -0.3 is 19.9 Å². The minimum Gasteiger partial charge on any atom is -0.369 e. The molecule has 8 nitrogen and oxygen atoms in total. The van der Waals surface area contributed by atoms with E-state index in [-0.39, 0.29) is 11.2 Å². The fourth-order valence-corrected chi connectivity index (χ4v) is 6.57. The molecule has 6 heterocycles. The number of nitrogens with one attached hydrogen (secondary N) is 1. The van der Waals surface area contributed by atoms with Gasteiger partial charge in [-0.2, -0.15) is 0 Å². The van der Waals surface area contributed by atoms with Gasteiger partial charge in [-0.25, -0.2) is 4.98 Å². The molecule has 0 unspecified atom stereocenters. The Kier molecular flexibility index (Phi) is 4.75. The number of ether oxygens (including phenoxy) is 1. The summed E-state index contributed by atoms with van der Waals surface area (Å²) in [6.07, 6.45) is 1.76. The lowest BCUT2D eigenvalue weighted by molar-refractivity contribution is -0.0828. The van der Waals surface area contributed by atoms with Crippen LogP contribution in [0.5, 0.6) is 0 Å². The number of rotatable bonds is 2. The number of fused-ring (bicyclic) bond motifs is 4. The average Bonchev–Trinajstić information content (AvgIpc) is 3.24. The summed E-state index contributed by atoms with van der Waals surface area (Å²) in [5.41, 5.74) is 5.88. The molecule has 8 heteroatoms. The van der Waals surface area contributed by atoms with Gasteiger partial charge in [-0.05, 0) is 42.3 Å². The molecule has 182 valence electrons. The molecule has 35 heavy (non-hydrogen) atoms. The first-order valence-electron chi connectivity index (χ1n) is 12.7. The molecule has 7 rings (SSSR count). The topological polar surface area (TPSA) is 65.9 Å². The normalized spacial score (nSPS) is 25.5. The molecule has 2 atom stereocenters. The van der Waals surface area contributed by atoms with Gasteiger partial charge in [0.1, 0.15) is 11.2 Å². The zero-order valence-corrected chi connectivity index (χ0v) is 20.4. The first-order valence-corrected chi connectivity index (χ1v) is 12.7. The highest BCUT2D eigenvalue weighted by atomic mass is 16.5. The van der Waals surface area contributed by atoms with E-state index in [4.69, 9.17) is 4.74 Å². The molecule has 4 aliphatic rings. The van der Waals surface area contributed by atoms with Crippen LogP contribution < -0.4 is 20.7 Å². The molecule has 0 saturated carbocycles. The van der Waals surface area contributed by atoms with Crippen molar-refractivity contribution in [2.45, 2.75) is 31.2 Å². The van der Waals surface area contributed by atoms with Crippen LogP contribution in [-0.2, 0) is 18.3 Å². The molecule has 1 N–H and O–H groups in total. The van der Waals surface area contributed by atoms with Crippen molar-refractivity contribution < 1.29 is 4.74 Å². The minimum absolute atomic E-state index is 0.00581. The van der Waals surface area contributed by atoms with Crippen molar-refractivity contribution >= 4 is 22.4 Å². The third-order valence-corrected chi connectivity index (χ3v) is 8.45. The molecule has 2 aromatic heterocycles. The van der Waals surface area contributed by atoms with Crippen LogP contribution in [0.4, 0.5) is 11.4 Å². The molecule has 3 saturated heterocycles. The number of pyridine rings is 2. The summed E-state index contributed by atoms with van der Waals surface area (Å²) in [4.78, 5) is 24.7. The fourth-order valence-electron chi connectivity index (χ4n) is 6.57. The van der Waals surface area contributed by atoms with E-state index >= 15 is 0 Å². The van der Waals surface area contributed by atoms with Crippen molar-refractivity contribution in [3.8, 4) is 0 Å². The number of aryl methyl sites for hydroxylation is 1. The summed E-state index contributed by atoms with van der Waals surface area (Å²) >= 11 is 0. The molecular formula is C27H32N6O2. The first kappa shape index (κ1) is 21.4. The van der Waals surface area contributed by atoms with Crippen LogP contribution in [0.1, 0.15) is 24.1 Å². The van der Waals surface area contributed by atoms with Crippen LogP contribution in [0.3, 0.4) is 0 Å². The van der Waals surface area contributed by atoms with Gasteiger partial charge >= 0.3 is 0 Å². The van der Waals surface area contributed by atoms with Crippen molar-refractivity contribution in [2.75, 3.05) is 55.7 Å². The third-order valence-electron chi connectivity index (χ3n) is 8.45. The minimum atomic E-state index is -0.0118. The van der Waals surface area contributed by atoms with Crippen LogP contribution in [0.25, 0.3) is 11.0 Å². The second-order valence-electron chi connectivity index (χ2n) is 10.7. The molecule has 3 aromatic rings. The third kappa shape index (κ3) is 3.31. The SMILES string of the molecule is C[C@@H]1CN(c2cc(=O)n(C)c3ncccc23)C[C@@H]2c3ccc(N4CC5(CNCCO5)C4)cc3CN12. The Labute approximate surface area is 205 Å². The molecule has 1 aromatic carbocycles. The van der Waals surface area contributed by atoms with Crippen LogP contribution in [0.15, 0.2) is 47.4 Å². The molecule has 0 amide bonds. The number of hydrogen-bond acceptors (Lipinski definition) is 7. The molecule has 3 fully saturated rings. The van der Waals surface area contributed by atoms with Crippen molar-refractivity contribution in [1.29, 1.82) is 0 Å². The number of anilines is 2. The Bertz CT molecular complexity index is 1360. The van der Waals surface area contributed by atoms with Gasteiger partial charge in [0, 0.05) is 69.2 Å². The quantitative estimate of drug-likeness (QED) is 0.611. The Morgan fingerprint density at radius 2 is 2.03 bits per heavy atom. The first-order chi connectivity index (χ1) is 17.0. The summed E-state index contributed by atoms with van der Waals surface area (Å²) in [7, 11) is 1.80. The van der Waals surface area contributed by atoms with Gasteiger partial charge in [0.05, 0.1) is 31.4 Å². The summed E-state index contributed by atoms with van der Waals surface area (Å²) in [6.45, 7) is 9.69. The Balaban J connectivity index is 1.17. The number of piperazine rings is 1. The fraction of sp³-hybridized carbons (Fsp3) is 0.481. The highest BCUT2D eigenvalue weighted by molar-refractivity contribution is 5.89. The number of nitrogens with zero attached hydrogens (tertiary/aromatic N) is 5. The van der Waals surface area contributed by atoms with Crippen molar-refractivity contribution in [2.24, 2.45) is 7.05 Å². The van der Waals surface area contributed by atoms with E-state index in [0.29, 0.717) is 12.1 Å². The van der Waals surface area contributed by atoms with Gasteiger partial charge in [0.2, 0.25) is 0 Å². The Morgan fingerprint density at radius 1 is 1.14 bits per heavy atom. The smallest absolute Gasteiger partial charge is 0.253 e. The second-order valence-corrected chi connectivity index (χ2v) is 10.7. The number of benzene rings is 1. The molecule has 0 bridgehead atoms. The monoisotopic (exact) mass is 472 g/mol. The predicted octanol–water partition coefficient (Wildman–Crippen LogP) is 1.88. The average molecular weight is 473 g/mol. The van der Waals surface area contributed by atoms with Gasteiger partial charge in [0.15, 0.2) is 0 Å². The zero-order chi connectivity index (χ0) is 23.7. The maximum absolute atomic E-state index is 12.7. The lowest BCUT2D eigenvalue weighted by Gasteiger charge is -2.52. The summed E-state index contributed by atoms with van der Waals surface area (Å²) in [5.74, 6) is 0. The van der Waals surface area contributed by atoms with Crippen LogP contribution in [-0.4, -0.2) is 72.0 Å². The van der Waals surface area contributed by atoms with Gasteiger partial charge in [-0.15, -0.1) is 0 Å². The molecule has 4 aliphatic heterocycles. The van der Waals surface area contributed by atoms with Gasteiger partial charge in [0.25, 0.3) is 5.56 Å². The standard InChI is InChI=1S/C27H32N6O2/c1-18-12-31(23-11-25(34)30(2)26-22(23)4-3-7-29-26)14-24-21-6-5-20(10-19(21)13-33(18)24)32-16-27(17-32)15-28-8-9-35-27/h3-7,10-11,18,24,28H,8-9,12-17H2,1-2H3/t18-,24-/m1/s1. The maximum atomic E-state index is 12.7. The van der Waals surface area contributed by atoms with Gasteiger partial charge in [-0.1, -0.05) is 6.07 Å². The highest BCUT2D eigenvalue weighted by Gasteiger charge is 2.46. The summed E-state index contributed by atoms with van der Waals surface area (Å²) in [6, 6.07) is 13.5. The maximum Gasteiger partial charge on any atom is 0.253 e. The van der Waals surface area contributed by atoms with Crippen LogP contribution in [0.2, 0.25) is 0 Å². The van der Waals surface area contributed by atoms with Crippen molar-refractivity contribution in [3.63, 3.8) is 0 Å². The molecule has 0 aliphatic carbocycles. The lowest BCUT2D eigenvalue weighted by atomic mass is 9.91. The van der Waals surface area contributed by atoms with E-state index in [2.05, 4.69) is 56.2 Å². The number of hydrogen-bond donors (Lipinski definition) is 1. The largest absolute Gasteiger partial charge is 0.369 e. The summed E-state index contributed by atoms with van der Waals surface area (Å²) in [5, 5.41) is 4.51. The molecule has 1 spiro atoms. The van der Waals surface area contributed by atoms with E-state index < -0.39 is 0 Å². The van der Waals surface area contributed by atoms with E-state index in [9.17, 15) is 4.79 Å². The Morgan fingerprint density at radius 3 is 2.86 bits per heavy atom. The summed E-state index contributed by atoms with van der Waals surface area (Å²) < 4.78 is 7.73. The highest BCUT2D eigenvalue weighted by Crippen LogP contribution is 2.42. The van der Waals surface area contributed by atoms with E-state index in [1.165, 1.54) is 16.8 Å². The van der Waals surface area contributed by atoms with E-state index in [1.54, 1.807) is 23.9 Å². The lowest BCUT2D eigenvalue weighted by Crippen LogP contribution is -2.69. The van der Waals surface area contributed by atoms with Crippen LogP contribution >= 0.6 is 0 Å². The Hall–Kier alpha value is -2.94. The van der Waals surface area contributed by atoms with E-state index in [0.717, 1.165) is 69.1 Å². The number of morpholine rings is 1.